The van der Waals surface area contributed by atoms with E-state index in [-0.39, 0.29) is 0 Å². The molecule has 0 aromatic carbocycles. The maximum atomic E-state index is 9.10. The lowest BCUT2D eigenvalue weighted by Crippen LogP contribution is -1.99. The predicted molar refractivity (Wildman–Crippen MR) is 37.4 cm³/mol. The van der Waals surface area contributed by atoms with Crippen LogP contribution in [0.5, 0.6) is 0 Å². The van der Waals surface area contributed by atoms with Crippen LogP contribution in [0.2, 0.25) is 0 Å². The molecule has 1 N–H and O–H groups in total. The molecule has 0 fully saturated rings. The molecule has 1 heterocycles. The van der Waals surface area contributed by atoms with Crippen molar-refractivity contribution < 1.29 is 5.11 Å². The Hall–Kier alpha value is -0.960. The van der Waals surface area contributed by atoms with E-state index in [1.807, 2.05) is 6.92 Å². The highest BCUT2D eigenvalue weighted by molar-refractivity contribution is 5.10. The molecule has 1 aromatic rings. The smallest absolute Gasteiger partial charge is 0.0950 e. The number of aromatic nitrogens is 2. The summed E-state index contributed by atoms with van der Waals surface area (Å²) in [6, 6.07) is 0. The fourth-order valence-corrected chi connectivity index (χ4v) is 0.828. The first kappa shape index (κ1) is 7.15. The van der Waals surface area contributed by atoms with E-state index in [2.05, 4.69) is 9.97 Å². The van der Waals surface area contributed by atoms with Gasteiger partial charge in [-0.2, -0.15) is 0 Å². The SMILES string of the molecule is Cc1nccnc1C(C)O. The van der Waals surface area contributed by atoms with Crippen LogP contribution in [0.4, 0.5) is 0 Å². The summed E-state index contributed by atoms with van der Waals surface area (Å²) in [5, 5.41) is 9.10. The molecule has 3 heteroatoms. The lowest BCUT2D eigenvalue weighted by atomic mass is 10.2. The minimum Gasteiger partial charge on any atom is -0.387 e. The van der Waals surface area contributed by atoms with E-state index in [1.165, 1.54) is 0 Å². The maximum absolute atomic E-state index is 9.10. The van der Waals surface area contributed by atoms with Gasteiger partial charge < -0.3 is 5.11 Å². The third-order valence-electron chi connectivity index (χ3n) is 1.31. The summed E-state index contributed by atoms with van der Waals surface area (Å²) in [4.78, 5) is 7.94. The van der Waals surface area contributed by atoms with Crippen LogP contribution in [0.15, 0.2) is 12.4 Å². The first-order valence-corrected chi connectivity index (χ1v) is 3.17. The average Bonchev–Trinajstić information content (AvgIpc) is 1.88. The van der Waals surface area contributed by atoms with Crippen LogP contribution in [-0.2, 0) is 0 Å². The van der Waals surface area contributed by atoms with Crippen LogP contribution in [0.1, 0.15) is 24.4 Å². The van der Waals surface area contributed by atoms with Crippen LogP contribution in [0, 0.1) is 6.92 Å². The molecule has 0 radical (unpaired) electrons. The van der Waals surface area contributed by atoms with E-state index in [9.17, 15) is 0 Å². The van der Waals surface area contributed by atoms with Crippen molar-refractivity contribution in [3.05, 3.63) is 23.8 Å². The van der Waals surface area contributed by atoms with E-state index >= 15 is 0 Å². The Morgan fingerprint density at radius 2 is 2.00 bits per heavy atom. The summed E-state index contributed by atoms with van der Waals surface area (Å²) in [5.74, 6) is 0. The Labute approximate surface area is 59.8 Å². The number of aliphatic hydroxyl groups is 1. The first-order chi connectivity index (χ1) is 4.72. The van der Waals surface area contributed by atoms with Gasteiger partial charge in [0.2, 0.25) is 0 Å². The molecule has 3 nitrogen and oxygen atoms in total. The molecule has 54 valence electrons. The first-order valence-electron chi connectivity index (χ1n) is 3.17. The van der Waals surface area contributed by atoms with Crippen molar-refractivity contribution >= 4 is 0 Å². The maximum Gasteiger partial charge on any atom is 0.0950 e. The number of hydrogen-bond acceptors (Lipinski definition) is 3. The van der Waals surface area contributed by atoms with Crippen molar-refractivity contribution in [1.82, 2.24) is 9.97 Å². The largest absolute Gasteiger partial charge is 0.387 e. The van der Waals surface area contributed by atoms with Crippen molar-refractivity contribution in [2.24, 2.45) is 0 Å². The van der Waals surface area contributed by atoms with E-state index < -0.39 is 6.10 Å². The van der Waals surface area contributed by atoms with Gasteiger partial charge in [-0.05, 0) is 13.8 Å². The van der Waals surface area contributed by atoms with E-state index in [0.717, 1.165) is 5.69 Å². The molecular weight excluding hydrogens is 128 g/mol. The second-order valence-corrected chi connectivity index (χ2v) is 2.20. The Morgan fingerprint density at radius 1 is 1.40 bits per heavy atom. The van der Waals surface area contributed by atoms with E-state index in [4.69, 9.17) is 5.11 Å². The molecule has 1 rings (SSSR count). The summed E-state index contributed by atoms with van der Waals surface area (Å²) in [5.41, 5.74) is 1.44. The summed E-state index contributed by atoms with van der Waals surface area (Å²) >= 11 is 0. The molecule has 1 aromatic heterocycles. The van der Waals surface area contributed by atoms with Gasteiger partial charge in [0, 0.05) is 12.4 Å². The fraction of sp³-hybridized carbons (Fsp3) is 0.429. The van der Waals surface area contributed by atoms with Crippen LogP contribution < -0.4 is 0 Å². The van der Waals surface area contributed by atoms with Gasteiger partial charge in [-0.1, -0.05) is 0 Å². The molecule has 0 saturated heterocycles. The van der Waals surface area contributed by atoms with Crippen LogP contribution >= 0.6 is 0 Å². The third kappa shape index (κ3) is 1.30. The molecule has 0 amide bonds. The highest BCUT2D eigenvalue weighted by Gasteiger charge is 2.04. The number of nitrogens with zero attached hydrogens (tertiary/aromatic N) is 2. The van der Waals surface area contributed by atoms with Gasteiger partial charge in [0.15, 0.2) is 0 Å². The number of hydrogen-bond donors (Lipinski definition) is 1. The Kier molecular flexibility index (Phi) is 1.97. The third-order valence-corrected chi connectivity index (χ3v) is 1.31. The summed E-state index contributed by atoms with van der Waals surface area (Å²) < 4.78 is 0. The Bertz CT molecular complexity index is 223. The van der Waals surface area contributed by atoms with Crippen molar-refractivity contribution in [2.75, 3.05) is 0 Å². The summed E-state index contributed by atoms with van der Waals surface area (Å²) in [6.07, 6.45) is 2.67. The highest BCUT2D eigenvalue weighted by atomic mass is 16.3. The minimum atomic E-state index is -0.520. The number of rotatable bonds is 1. The van der Waals surface area contributed by atoms with Crippen molar-refractivity contribution in [3.8, 4) is 0 Å². The molecule has 1 atom stereocenters. The zero-order valence-electron chi connectivity index (χ0n) is 6.07. The Morgan fingerprint density at radius 3 is 2.40 bits per heavy atom. The van der Waals surface area contributed by atoms with Crippen molar-refractivity contribution in [2.45, 2.75) is 20.0 Å². The summed E-state index contributed by atoms with van der Waals surface area (Å²) in [7, 11) is 0. The van der Waals surface area contributed by atoms with Gasteiger partial charge in [0.1, 0.15) is 0 Å². The van der Waals surface area contributed by atoms with Crippen molar-refractivity contribution in [1.29, 1.82) is 0 Å². The quantitative estimate of drug-likeness (QED) is 0.625. The van der Waals surface area contributed by atoms with Gasteiger partial charge in [0.25, 0.3) is 0 Å². The fourth-order valence-electron chi connectivity index (χ4n) is 0.828. The normalized spacial score (nSPS) is 13.1. The molecule has 10 heavy (non-hydrogen) atoms. The Balaban J connectivity index is 3.03. The van der Waals surface area contributed by atoms with E-state index in [1.54, 1.807) is 19.3 Å². The average molecular weight is 138 g/mol. The number of aliphatic hydroxyl groups excluding tert-OH is 1. The molecule has 0 bridgehead atoms. The van der Waals surface area contributed by atoms with Gasteiger partial charge in [-0.25, -0.2) is 0 Å². The predicted octanol–water partition coefficient (Wildman–Crippen LogP) is 0.838. The minimum absolute atomic E-state index is 0.520. The van der Waals surface area contributed by atoms with Crippen LogP contribution in [0.3, 0.4) is 0 Å². The zero-order valence-corrected chi connectivity index (χ0v) is 6.07. The monoisotopic (exact) mass is 138 g/mol. The van der Waals surface area contributed by atoms with Crippen molar-refractivity contribution in [3.63, 3.8) is 0 Å². The lowest BCUT2D eigenvalue weighted by molar-refractivity contribution is 0.193. The molecule has 0 aliphatic carbocycles. The van der Waals surface area contributed by atoms with E-state index in [0.29, 0.717) is 5.69 Å². The van der Waals surface area contributed by atoms with Gasteiger partial charge >= 0.3 is 0 Å². The lowest BCUT2D eigenvalue weighted by Gasteiger charge is -2.04. The molecule has 0 aliphatic rings. The second kappa shape index (κ2) is 2.75. The standard InChI is InChI=1S/C7H10N2O/c1-5-7(6(2)10)9-4-3-8-5/h3-4,6,10H,1-2H3. The van der Waals surface area contributed by atoms with Gasteiger partial charge in [-0.15, -0.1) is 0 Å². The summed E-state index contributed by atoms with van der Waals surface area (Å²) in [6.45, 7) is 3.51. The molecule has 0 saturated carbocycles. The highest BCUT2D eigenvalue weighted by Crippen LogP contribution is 2.09. The van der Waals surface area contributed by atoms with Crippen LogP contribution in [-0.4, -0.2) is 15.1 Å². The van der Waals surface area contributed by atoms with Gasteiger partial charge in [0.05, 0.1) is 17.5 Å². The second-order valence-electron chi connectivity index (χ2n) is 2.20. The van der Waals surface area contributed by atoms with Gasteiger partial charge in [-0.3, -0.25) is 9.97 Å². The molecule has 0 spiro atoms. The van der Waals surface area contributed by atoms with Crippen LogP contribution in [0.25, 0.3) is 0 Å². The molecular formula is C7H10N2O. The topological polar surface area (TPSA) is 46.0 Å². The zero-order chi connectivity index (χ0) is 7.56. The number of aryl methyl sites for hydroxylation is 1. The molecule has 1 unspecified atom stereocenters. The molecule has 0 aliphatic heterocycles.